The molecule has 0 unspecified atom stereocenters. The van der Waals surface area contributed by atoms with Gasteiger partial charge in [0.2, 0.25) is 0 Å². The molecule has 3 aromatic rings. The summed E-state index contributed by atoms with van der Waals surface area (Å²) in [5.41, 5.74) is 5.61. The predicted octanol–water partition coefficient (Wildman–Crippen LogP) is 6.10. The first-order valence-electron chi connectivity index (χ1n) is 11.4. The van der Waals surface area contributed by atoms with Crippen LogP contribution in [0, 0.1) is 6.92 Å². The highest BCUT2D eigenvalue weighted by atomic mass is 15.2. The van der Waals surface area contributed by atoms with Gasteiger partial charge >= 0.3 is 0 Å². The summed E-state index contributed by atoms with van der Waals surface area (Å²) in [5, 5.41) is 3.91. The van der Waals surface area contributed by atoms with E-state index in [0.29, 0.717) is 12.1 Å². The van der Waals surface area contributed by atoms with E-state index in [0.717, 1.165) is 19.6 Å². The fourth-order valence-corrected chi connectivity index (χ4v) is 4.75. The van der Waals surface area contributed by atoms with E-state index in [2.05, 4.69) is 102 Å². The molecular weight excluding hydrogens is 364 g/mol. The normalized spacial score (nSPS) is 19.1. The average molecular weight is 399 g/mol. The Labute approximate surface area is 181 Å². The first-order valence-corrected chi connectivity index (χ1v) is 11.4. The van der Waals surface area contributed by atoms with Gasteiger partial charge in [0, 0.05) is 31.7 Å². The van der Waals surface area contributed by atoms with Crippen LogP contribution in [0.3, 0.4) is 0 Å². The molecule has 1 aliphatic rings. The molecule has 0 aliphatic heterocycles. The van der Waals surface area contributed by atoms with Gasteiger partial charge in [0.25, 0.3) is 0 Å². The molecular formula is C28H34N2. The van der Waals surface area contributed by atoms with E-state index in [1.165, 1.54) is 47.9 Å². The molecule has 0 amide bonds. The Balaban J connectivity index is 1.54. The third-order valence-electron chi connectivity index (χ3n) is 6.47. The molecule has 2 heteroatoms. The van der Waals surface area contributed by atoms with Crippen LogP contribution in [0.5, 0.6) is 0 Å². The molecule has 0 aromatic heterocycles. The van der Waals surface area contributed by atoms with Crippen molar-refractivity contribution in [1.82, 2.24) is 10.2 Å². The molecule has 0 radical (unpaired) electrons. The molecule has 0 spiro atoms. The van der Waals surface area contributed by atoms with Crippen LogP contribution in [-0.4, -0.2) is 17.0 Å². The second-order valence-electron chi connectivity index (χ2n) is 8.64. The standard InChI is InChI=1S/C28H34N2/c1-23-12-8-9-17-26(23)22-30(21-25-15-6-3-7-16-25)28-19-11-10-18-27(28)29-20-24-13-4-2-5-14-24/h2-9,12-17,27-29H,10-11,18-22H2,1H3/t27-,28-/m1/s1. The average Bonchev–Trinajstić information content (AvgIpc) is 2.80. The van der Waals surface area contributed by atoms with Crippen LogP contribution in [0.15, 0.2) is 84.9 Å². The molecule has 3 aromatic carbocycles. The minimum Gasteiger partial charge on any atom is -0.308 e. The molecule has 2 atom stereocenters. The lowest BCUT2D eigenvalue weighted by atomic mass is 9.88. The van der Waals surface area contributed by atoms with Crippen LogP contribution in [0.1, 0.15) is 47.9 Å². The molecule has 1 N–H and O–H groups in total. The van der Waals surface area contributed by atoms with Crippen molar-refractivity contribution in [3.05, 3.63) is 107 Å². The van der Waals surface area contributed by atoms with Gasteiger partial charge in [-0.25, -0.2) is 0 Å². The molecule has 0 bridgehead atoms. The number of aryl methyl sites for hydroxylation is 1. The number of hydrogen-bond acceptors (Lipinski definition) is 2. The van der Waals surface area contributed by atoms with E-state index in [1.807, 2.05) is 0 Å². The van der Waals surface area contributed by atoms with Crippen molar-refractivity contribution in [2.75, 3.05) is 0 Å². The summed E-state index contributed by atoms with van der Waals surface area (Å²) in [4.78, 5) is 2.72. The van der Waals surface area contributed by atoms with Crippen LogP contribution in [-0.2, 0) is 19.6 Å². The SMILES string of the molecule is Cc1ccccc1CN(Cc1ccccc1)[C@@H]1CCCC[C@H]1NCc1ccccc1. The quantitative estimate of drug-likeness (QED) is 0.493. The fraction of sp³-hybridized carbons (Fsp3) is 0.357. The number of nitrogens with one attached hydrogen (secondary N) is 1. The molecule has 30 heavy (non-hydrogen) atoms. The fourth-order valence-electron chi connectivity index (χ4n) is 4.75. The van der Waals surface area contributed by atoms with Gasteiger partial charge in [-0.15, -0.1) is 0 Å². The van der Waals surface area contributed by atoms with E-state index < -0.39 is 0 Å². The Bertz CT molecular complexity index is 891. The van der Waals surface area contributed by atoms with Crippen LogP contribution in [0.2, 0.25) is 0 Å². The lowest BCUT2D eigenvalue weighted by Gasteiger charge is -2.41. The van der Waals surface area contributed by atoms with E-state index in [1.54, 1.807) is 0 Å². The Morgan fingerprint density at radius 2 is 1.37 bits per heavy atom. The molecule has 4 rings (SSSR count). The summed E-state index contributed by atoms with van der Waals surface area (Å²) < 4.78 is 0. The molecule has 156 valence electrons. The van der Waals surface area contributed by atoms with E-state index in [-0.39, 0.29) is 0 Å². The predicted molar refractivity (Wildman–Crippen MR) is 126 cm³/mol. The van der Waals surface area contributed by atoms with Crippen molar-refractivity contribution in [2.45, 2.75) is 64.3 Å². The molecule has 2 nitrogen and oxygen atoms in total. The Morgan fingerprint density at radius 1 is 0.733 bits per heavy atom. The summed E-state index contributed by atoms with van der Waals surface area (Å²) in [7, 11) is 0. The topological polar surface area (TPSA) is 15.3 Å². The number of rotatable bonds is 8. The number of benzene rings is 3. The van der Waals surface area contributed by atoms with Gasteiger partial charge in [0.1, 0.15) is 0 Å². The maximum absolute atomic E-state index is 3.91. The summed E-state index contributed by atoms with van der Waals surface area (Å²) in [6.07, 6.45) is 5.18. The zero-order valence-electron chi connectivity index (χ0n) is 18.1. The second kappa shape index (κ2) is 10.6. The summed E-state index contributed by atoms with van der Waals surface area (Å²) in [5.74, 6) is 0. The van der Waals surface area contributed by atoms with Gasteiger partial charge in [0.05, 0.1) is 0 Å². The second-order valence-corrected chi connectivity index (χ2v) is 8.64. The van der Waals surface area contributed by atoms with Crippen LogP contribution < -0.4 is 5.32 Å². The summed E-state index contributed by atoms with van der Waals surface area (Å²) in [6, 6.07) is 31.7. The molecule has 1 fully saturated rings. The first kappa shape index (κ1) is 20.8. The molecule has 0 heterocycles. The van der Waals surface area contributed by atoms with Crippen molar-refractivity contribution in [2.24, 2.45) is 0 Å². The number of nitrogens with zero attached hydrogens (tertiary/aromatic N) is 1. The molecule has 0 saturated heterocycles. The van der Waals surface area contributed by atoms with E-state index >= 15 is 0 Å². The molecule has 1 aliphatic carbocycles. The van der Waals surface area contributed by atoms with Crippen LogP contribution in [0.4, 0.5) is 0 Å². The van der Waals surface area contributed by atoms with Gasteiger partial charge in [-0.1, -0.05) is 97.8 Å². The summed E-state index contributed by atoms with van der Waals surface area (Å²) >= 11 is 0. The lowest BCUT2D eigenvalue weighted by molar-refractivity contribution is 0.106. The minimum atomic E-state index is 0.534. The molecule has 1 saturated carbocycles. The lowest BCUT2D eigenvalue weighted by Crippen LogP contribution is -2.51. The highest BCUT2D eigenvalue weighted by molar-refractivity contribution is 5.26. The first-order chi connectivity index (χ1) is 14.8. The van der Waals surface area contributed by atoms with Crippen molar-refractivity contribution in [1.29, 1.82) is 0 Å². The van der Waals surface area contributed by atoms with Gasteiger partial charge in [-0.3, -0.25) is 4.90 Å². The summed E-state index contributed by atoms with van der Waals surface area (Å²) in [6.45, 7) is 5.20. The maximum Gasteiger partial charge on any atom is 0.0256 e. The monoisotopic (exact) mass is 398 g/mol. The van der Waals surface area contributed by atoms with Gasteiger partial charge in [-0.2, -0.15) is 0 Å². The van der Waals surface area contributed by atoms with Crippen LogP contribution in [0.25, 0.3) is 0 Å². The largest absolute Gasteiger partial charge is 0.308 e. The van der Waals surface area contributed by atoms with Gasteiger partial charge in [-0.05, 0) is 42.0 Å². The maximum atomic E-state index is 3.91. The smallest absolute Gasteiger partial charge is 0.0256 e. The van der Waals surface area contributed by atoms with Crippen molar-refractivity contribution in [3.63, 3.8) is 0 Å². The Morgan fingerprint density at radius 3 is 2.10 bits per heavy atom. The van der Waals surface area contributed by atoms with Crippen LogP contribution >= 0.6 is 0 Å². The van der Waals surface area contributed by atoms with Crippen molar-refractivity contribution >= 4 is 0 Å². The van der Waals surface area contributed by atoms with E-state index in [4.69, 9.17) is 0 Å². The highest BCUT2D eigenvalue weighted by Crippen LogP contribution is 2.27. The van der Waals surface area contributed by atoms with Crippen molar-refractivity contribution in [3.8, 4) is 0 Å². The third-order valence-corrected chi connectivity index (χ3v) is 6.47. The zero-order valence-corrected chi connectivity index (χ0v) is 18.1. The minimum absolute atomic E-state index is 0.534. The highest BCUT2D eigenvalue weighted by Gasteiger charge is 2.30. The third kappa shape index (κ3) is 5.59. The van der Waals surface area contributed by atoms with Gasteiger partial charge < -0.3 is 5.32 Å². The number of hydrogen-bond donors (Lipinski definition) is 1. The Kier molecular flexibility index (Phi) is 7.34. The zero-order chi connectivity index (χ0) is 20.6. The van der Waals surface area contributed by atoms with Crippen molar-refractivity contribution < 1.29 is 0 Å². The van der Waals surface area contributed by atoms with E-state index in [9.17, 15) is 0 Å². The van der Waals surface area contributed by atoms with Gasteiger partial charge in [0.15, 0.2) is 0 Å². The Hall–Kier alpha value is -2.42.